The Morgan fingerprint density at radius 3 is 2.65 bits per heavy atom. The molecule has 130 valence electrons. The first kappa shape index (κ1) is 16.4. The number of aliphatic hydroxyl groups is 1. The van der Waals surface area contributed by atoms with Crippen molar-refractivity contribution in [2.24, 2.45) is 0 Å². The fourth-order valence-corrected chi connectivity index (χ4v) is 3.46. The van der Waals surface area contributed by atoms with Crippen LogP contribution in [0.25, 0.3) is 22.4 Å². The lowest BCUT2D eigenvalue weighted by atomic mass is 9.89. The molecular formula is C23H20O3. The third kappa shape index (κ3) is 2.87. The van der Waals surface area contributed by atoms with Gasteiger partial charge in [-0.15, -0.1) is 0 Å². The van der Waals surface area contributed by atoms with Crippen LogP contribution in [0.3, 0.4) is 0 Å². The van der Waals surface area contributed by atoms with Crippen molar-refractivity contribution >= 4 is 22.4 Å². The van der Waals surface area contributed by atoms with Crippen molar-refractivity contribution in [1.29, 1.82) is 0 Å². The third-order valence-corrected chi connectivity index (χ3v) is 4.60. The summed E-state index contributed by atoms with van der Waals surface area (Å²) >= 11 is 0. The minimum absolute atomic E-state index is 0.152. The van der Waals surface area contributed by atoms with E-state index in [-0.39, 0.29) is 6.79 Å². The number of benzene rings is 3. The third-order valence-electron chi connectivity index (χ3n) is 4.60. The SMILES string of the molecule is COCOc1ccc2ccccc2c1C1=C(O)CC=Cc2ccccc21. The molecule has 3 nitrogen and oxygen atoms in total. The van der Waals surface area contributed by atoms with Crippen LogP contribution in [0, 0.1) is 0 Å². The lowest BCUT2D eigenvalue weighted by Crippen LogP contribution is -2.04. The summed E-state index contributed by atoms with van der Waals surface area (Å²) in [7, 11) is 1.60. The van der Waals surface area contributed by atoms with Crippen LogP contribution in [0.1, 0.15) is 23.1 Å². The highest BCUT2D eigenvalue weighted by Crippen LogP contribution is 2.41. The molecule has 0 bridgehead atoms. The second-order valence-corrected chi connectivity index (χ2v) is 6.23. The van der Waals surface area contributed by atoms with Gasteiger partial charge in [0, 0.05) is 24.7 Å². The number of hydrogen-bond acceptors (Lipinski definition) is 3. The van der Waals surface area contributed by atoms with Crippen molar-refractivity contribution in [1.82, 2.24) is 0 Å². The van der Waals surface area contributed by atoms with Crippen molar-refractivity contribution in [3.8, 4) is 5.75 Å². The van der Waals surface area contributed by atoms with Gasteiger partial charge in [0.2, 0.25) is 0 Å². The molecule has 3 heteroatoms. The van der Waals surface area contributed by atoms with Crippen LogP contribution in [0.2, 0.25) is 0 Å². The molecule has 4 rings (SSSR count). The Bertz CT molecular complexity index is 1010. The number of fused-ring (bicyclic) bond motifs is 2. The van der Waals surface area contributed by atoms with E-state index in [1.165, 1.54) is 0 Å². The van der Waals surface area contributed by atoms with Gasteiger partial charge in [0.15, 0.2) is 6.79 Å². The van der Waals surface area contributed by atoms with Crippen LogP contribution in [0.4, 0.5) is 0 Å². The van der Waals surface area contributed by atoms with E-state index in [4.69, 9.17) is 9.47 Å². The van der Waals surface area contributed by atoms with Crippen molar-refractivity contribution < 1.29 is 14.6 Å². The first-order valence-electron chi connectivity index (χ1n) is 8.61. The normalized spacial score (nSPS) is 13.6. The second kappa shape index (κ2) is 7.06. The standard InChI is InChI=1S/C23H20O3/c1-25-15-26-21-14-13-17-8-3-5-11-19(17)23(21)22-18-10-4-2-7-16(18)9-6-12-20(22)24/h2-11,13-14,24H,12,15H2,1H3. The van der Waals surface area contributed by atoms with E-state index in [0.29, 0.717) is 17.9 Å². The molecule has 0 amide bonds. The minimum Gasteiger partial charge on any atom is -0.511 e. The molecule has 1 N–H and O–H groups in total. The maximum atomic E-state index is 10.9. The monoisotopic (exact) mass is 344 g/mol. The Morgan fingerprint density at radius 2 is 1.77 bits per heavy atom. The van der Waals surface area contributed by atoms with Crippen LogP contribution in [-0.4, -0.2) is 19.0 Å². The smallest absolute Gasteiger partial charge is 0.188 e. The second-order valence-electron chi connectivity index (χ2n) is 6.23. The quantitative estimate of drug-likeness (QED) is 0.630. The molecule has 0 aromatic heterocycles. The summed E-state index contributed by atoms with van der Waals surface area (Å²) < 4.78 is 11.0. The van der Waals surface area contributed by atoms with Gasteiger partial charge in [-0.05, 0) is 28.0 Å². The highest BCUT2D eigenvalue weighted by molar-refractivity contribution is 6.02. The molecule has 0 saturated heterocycles. The summed E-state index contributed by atoms with van der Waals surface area (Å²) in [4.78, 5) is 0. The Labute approximate surface area is 152 Å². The van der Waals surface area contributed by atoms with Crippen LogP contribution in [0.15, 0.2) is 72.5 Å². The summed E-state index contributed by atoms with van der Waals surface area (Å²) in [5.41, 5.74) is 3.79. The summed E-state index contributed by atoms with van der Waals surface area (Å²) in [6, 6.07) is 20.2. The van der Waals surface area contributed by atoms with Crippen LogP contribution in [-0.2, 0) is 4.74 Å². The number of rotatable bonds is 4. The van der Waals surface area contributed by atoms with Gasteiger partial charge in [-0.3, -0.25) is 0 Å². The zero-order valence-electron chi connectivity index (χ0n) is 14.6. The first-order chi connectivity index (χ1) is 12.8. The summed E-state index contributed by atoms with van der Waals surface area (Å²) in [6.07, 6.45) is 4.53. The molecule has 0 unspecified atom stereocenters. The van der Waals surface area contributed by atoms with Gasteiger partial charge in [-0.1, -0.05) is 66.7 Å². The highest BCUT2D eigenvalue weighted by Gasteiger charge is 2.21. The maximum Gasteiger partial charge on any atom is 0.188 e. The molecule has 0 heterocycles. The van der Waals surface area contributed by atoms with Crippen molar-refractivity contribution in [2.75, 3.05) is 13.9 Å². The van der Waals surface area contributed by atoms with Crippen molar-refractivity contribution in [2.45, 2.75) is 6.42 Å². The van der Waals surface area contributed by atoms with E-state index in [9.17, 15) is 5.11 Å². The van der Waals surface area contributed by atoms with Gasteiger partial charge >= 0.3 is 0 Å². The summed E-state index contributed by atoms with van der Waals surface area (Å²) in [5, 5.41) is 13.0. The van der Waals surface area contributed by atoms with Gasteiger partial charge in [-0.25, -0.2) is 0 Å². The van der Waals surface area contributed by atoms with Gasteiger partial charge in [0.25, 0.3) is 0 Å². The molecule has 0 radical (unpaired) electrons. The molecule has 1 aliphatic rings. The minimum atomic E-state index is 0.152. The van der Waals surface area contributed by atoms with E-state index in [1.807, 2.05) is 48.5 Å². The maximum absolute atomic E-state index is 10.9. The van der Waals surface area contributed by atoms with Crippen molar-refractivity contribution in [3.05, 3.63) is 89.2 Å². The predicted molar refractivity (Wildman–Crippen MR) is 105 cm³/mol. The number of allylic oxidation sites excluding steroid dienone is 1. The fraction of sp³-hybridized carbons (Fsp3) is 0.130. The highest BCUT2D eigenvalue weighted by atomic mass is 16.7. The lowest BCUT2D eigenvalue weighted by molar-refractivity contribution is 0.0510. The average Bonchev–Trinajstić information content (AvgIpc) is 2.84. The Hall–Kier alpha value is -3.04. The summed E-state index contributed by atoms with van der Waals surface area (Å²) in [6.45, 7) is 0.152. The van der Waals surface area contributed by atoms with Crippen LogP contribution < -0.4 is 4.74 Å². The van der Waals surface area contributed by atoms with Crippen molar-refractivity contribution in [3.63, 3.8) is 0 Å². The number of ether oxygens (including phenoxy) is 2. The fourth-order valence-electron chi connectivity index (χ4n) is 3.46. The van der Waals surface area contributed by atoms with E-state index < -0.39 is 0 Å². The number of hydrogen-bond donors (Lipinski definition) is 1. The van der Waals surface area contributed by atoms with Gasteiger partial charge in [0.1, 0.15) is 11.5 Å². The lowest BCUT2D eigenvalue weighted by Gasteiger charge is -2.19. The molecule has 0 aliphatic heterocycles. The number of methoxy groups -OCH3 is 1. The van der Waals surface area contributed by atoms with Gasteiger partial charge in [-0.2, -0.15) is 0 Å². The van der Waals surface area contributed by atoms with Crippen LogP contribution in [0.5, 0.6) is 5.75 Å². The van der Waals surface area contributed by atoms with E-state index in [2.05, 4.69) is 24.3 Å². The molecule has 3 aromatic carbocycles. The molecule has 1 aliphatic carbocycles. The molecule has 0 saturated carbocycles. The van der Waals surface area contributed by atoms with Crippen LogP contribution >= 0.6 is 0 Å². The molecule has 0 spiro atoms. The zero-order chi connectivity index (χ0) is 17.9. The van der Waals surface area contributed by atoms with E-state index in [1.54, 1.807) is 7.11 Å². The van der Waals surface area contributed by atoms with Gasteiger partial charge < -0.3 is 14.6 Å². The Morgan fingerprint density at radius 1 is 0.962 bits per heavy atom. The van der Waals surface area contributed by atoms with Gasteiger partial charge in [0.05, 0.1) is 0 Å². The largest absolute Gasteiger partial charge is 0.511 e. The summed E-state index contributed by atoms with van der Waals surface area (Å²) in [5.74, 6) is 1.04. The molecule has 3 aromatic rings. The predicted octanol–water partition coefficient (Wildman–Crippen LogP) is 5.56. The average molecular weight is 344 g/mol. The first-order valence-corrected chi connectivity index (χ1v) is 8.61. The molecule has 26 heavy (non-hydrogen) atoms. The van der Waals surface area contributed by atoms with E-state index in [0.717, 1.165) is 33.0 Å². The molecule has 0 atom stereocenters. The number of aliphatic hydroxyl groups excluding tert-OH is 1. The van der Waals surface area contributed by atoms with E-state index >= 15 is 0 Å². The Balaban J connectivity index is 2.04. The Kier molecular flexibility index (Phi) is 4.46. The zero-order valence-corrected chi connectivity index (χ0v) is 14.6. The topological polar surface area (TPSA) is 38.7 Å². The molecule has 0 fully saturated rings. The molecular weight excluding hydrogens is 324 g/mol.